The molecule has 1 saturated carbocycles. The molecule has 2 heteroatoms. The molecule has 1 aromatic rings. The van der Waals surface area contributed by atoms with Gasteiger partial charge in [-0.1, -0.05) is 36.2 Å². The number of aryl methyl sites for hydroxylation is 1. The first-order valence-corrected chi connectivity index (χ1v) is 6.48. The van der Waals surface area contributed by atoms with E-state index in [0.717, 1.165) is 26.1 Å². The van der Waals surface area contributed by atoms with Gasteiger partial charge in [0.1, 0.15) is 0 Å². The second-order valence-corrected chi connectivity index (χ2v) is 5.74. The summed E-state index contributed by atoms with van der Waals surface area (Å²) in [5, 5.41) is 9.81. The van der Waals surface area contributed by atoms with Crippen molar-refractivity contribution in [3.63, 3.8) is 0 Å². The van der Waals surface area contributed by atoms with Crippen molar-refractivity contribution in [2.24, 2.45) is 5.41 Å². The highest BCUT2D eigenvalue weighted by Crippen LogP contribution is 2.58. The van der Waals surface area contributed by atoms with Crippen molar-refractivity contribution in [3.05, 3.63) is 35.4 Å². The van der Waals surface area contributed by atoms with Gasteiger partial charge in [0.25, 0.3) is 0 Å². The van der Waals surface area contributed by atoms with E-state index in [2.05, 4.69) is 31.2 Å². The maximum Gasteiger partial charge on any atom is 0.0591 e. The van der Waals surface area contributed by atoms with Crippen LogP contribution in [0.15, 0.2) is 24.3 Å². The van der Waals surface area contributed by atoms with E-state index in [9.17, 15) is 5.11 Å². The van der Waals surface area contributed by atoms with E-state index < -0.39 is 0 Å². The number of ether oxygens (including phenoxy) is 1. The van der Waals surface area contributed by atoms with Gasteiger partial charge < -0.3 is 9.84 Å². The molecule has 1 saturated heterocycles. The van der Waals surface area contributed by atoms with Crippen LogP contribution in [-0.4, -0.2) is 24.9 Å². The van der Waals surface area contributed by atoms with Crippen LogP contribution in [0.5, 0.6) is 0 Å². The van der Waals surface area contributed by atoms with Crippen molar-refractivity contribution >= 4 is 0 Å². The summed E-state index contributed by atoms with van der Waals surface area (Å²) < 4.78 is 5.51. The van der Waals surface area contributed by atoms with Crippen LogP contribution >= 0.6 is 0 Å². The molecular formula is C15H20O2. The summed E-state index contributed by atoms with van der Waals surface area (Å²) in [7, 11) is 0. The minimum atomic E-state index is 0.0754. The van der Waals surface area contributed by atoms with Crippen molar-refractivity contribution in [3.8, 4) is 0 Å². The monoisotopic (exact) mass is 232 g/mol. The Labute approximate surface area is 103 Å². The topological polar surface area (TPSA) is 29.5 Å². The molecule has 0 spiro atoms. The predicted molar refractivity (Wildman–Crippen MR) is 67.0 cm³/mol. The van der Waals surface area contributed by atoms with Crippen LogP contribution in [0.2, 0.25) is 0 Å². The Morgan fingerprint density at radius 2 is 2.06 bits per heavy atom. The quantitative estimate of drug-likeness (QED) is 0.867. The molecule has 0 amide bonds. The van der Waals surface area contributed by atoms with Crippen molar-refractivity contribution in [1.82, 2.24) is 0 Å². The van der Waals surface area contributed by atoms with E-state index in [1.54, 1.807) is 0 Å². The molecule has 0 bridgehead atoms. The Hall–Kier alpha value is -0.860. The molecule has 1 heterocycles. The van der Waals surface area contributed by atoms with E-state index in [4.69, 9.17) is 4.74 Å². The molecular weight excluding hydrogens is 212 g/mol. The summed E-state index contributed by atoms with van der Waals surface area (Å²) in [6.45, 7) is 3.97. The zero-order chi connectivity index (χ0) is 11.9. The van der Waals surface area contributed by atoms with E-state index in [1.807, 2.05) is 0 Å². The molecule has 1 N–H and O–H groups in total. The highest BCUT2D eigenvalue weighted by Gasteiger charge is 2.59. The first kappa shape index (κ1) is 11.2. The molecule has 3 rings (SSSR count). The van der Waals surface area contributed by atoms with Crippen LogP contribution < -0.4 is 0 Å². The SMILES string of the molecule is Cc1cccc(C2(C3(CO)CCC3)COC2)c1. The summed E-state index contributed by atoms with van der Waals surface area (Å²) in [5.41, 5.74) is 2.81. The van der Waals surface area contributed by atoms with E-state index >= 15 is 0 Å². The van der Waals surface area contributed by atoms with Gasteiger partial charge in [-0.25, -0.2) is 0 Å². The number of rotatable bonds is 3. The Morgan fingerprint density at radius 3 is 2.47 bits per heavy atom. The lowest BCUT2D eigenvalue weighted by Gasteiger charge is -2.59. The third-order valence-corrected chi connectivity index (χ3v) is 4.90. The van der Waals surface area contributed by atoms with Crippen LogP contribution in [0.4, 0.5) is 0 Å². The van der Waals surface area contributed by atoms with Gasteiger partial charge in [-0.3, -0.25) is 0 Å². The molecule has 0 atom stereocenters. The molecule has 2 nitrogen and oxygen atoms in total. The minimum Gasteiger partial charge on any atom is -0.396 e. The maximum atomic E-state index is 9.81. The van der Waals surface area contributed by atoms with Gasteiger partial charge in [-0.15, -0.1) is 0 Å². The van der Waals surface area contributed by atoms with Gasteiger partial charge >= 0.3 is 0 Å². The predicted octanol–water partition coefficient (Wildman–Crippen LogP) is 2.43. The lowest BCUT2D eigenvalue weighted by atomic mass is 9.50. The second kappa shape index (κ2) is 3.82. The smallest absolute Gasteiger partial charge is 0.0591 e. The van der Waals surface area contributed by atoms with Crippen molar-refractivity contribution in [2.75, 3.05) is 19.8 Å². The fourth-order valence-electron chi connectivity index (χ4n) is 3.42. The maximum absolute atomic E-state index is 9.81. The van der Waals surface area contributed by atoms with Gasteiger partial charge in [0.05, 0.1) is 13.2 Å². The third-order valence-electron chi connectivity index (χ3n) is 4.90. The van der Waals surface area contributed by atoms with E-state index in [1.165, 1.54) is 17.5 Å². The van der Waals surface area contributed by atoms with Crippen LogP contribution in [0.3, 0.4) is 0 Å². The lowest BCUT2D eigenvalue weighted by Crippen LogP contribution is -2.63. The average Bonchev–Trinajstić information content (AvgIpc) is 2.20. The molecule has 2 fully saturated rings. The molecule has 1 aromatic carbocycles. The van der Waals surface area contributed by atoms with Crippen molar-refractivity contribution in [2.45, 2.75) is 31.6 Å². The molecule has 2 aliphatic rings. The lowest BCUT2D eigenvalue weighted by molar-refractivity contribution is -0.173. The molecule has 92 valence electrons. The van der Waals surface area contributed by atoms with Gasteiger partial charge in [0, 0.05) is 17.4 Å². The van der Waals surface area contributed by atoms with Crippen LogP contribution in [0.25, 0.3) is 0 Å². The Morgan fingerprint density at radius 1 is 1.29 bits per heavy atom. The standard InChI is InChI=1S/C15H20O2/c1-12-4-2-5-13(8-12)15(10-17-11-15)14(9-16)6-3-7-14/h2,4-5,8,16H,3,6-7,9-11H2,1H3. The molecule has 0 radical (unpaired) electrons. The second-order valence-electron chi connectivity index (χ2n) is 5.74. The fraction of sp³-hybridized carbons (Fsp3) is 0.600. The first-order chi connectivity index (χ1) is 8.22. The fourth-order valence-corrected chi connectivity index (χ4v) is 3.42. The zero-order valence-corrected chi connectivity index (χ0v) is 10.4. The molecule has 17 heavy (non-hydrogen) atoms. The summed E-state index contributed by atoms with van der Waals surface area (Å²) in [5.74, 6) is 0. The summed E-state index contributed by atoms with van der Waals surface area (Å²) >= 11 is 0. The largest absolute Gasteiger partial charge is 0.396 e. The van der Waals surface area contributed by atoms with Gasteiger partial charge in [0.2, 0.25) is 0 Å². The number of benzene rings is 1. The average molecular weight is 232 g/mol. The van der Waals surface area contributed by atoms with E-state index in [-0.39, 0.29) is 10.8 Å². The third kappa shape index (κ3) is 1.40. The van der Waals surface area contributed by atoms with Gasteiger partial charge in [-0.05, 0) is 25.3 Å². The van der Waals surface area contributed by atoms with Crippen molar-refractivity contribution in [1.29, 1.82) is 0 Å². The minimum absolute atomic E-state index is 0.0754. The summed E-state index contributed by atoms with van der Waals surface area (Å²) in [4.78, 5) is 0. The normalized spacial score (nSPS) is 24.8. The summed E-state index contributed by atoms with van der Waals surface area (Å²) in [6.07, 6.45) is 3.52. The highest BCUT2D eigenvalue weighted by molar-refractivity contribution is 5.35. The first-order valence-electron chi connectivity index (χ1n) is 6.48. The number of hydrogen-bond acceptors (Lipinski definition) is 2. The molecule has 1 aliphatic heterocycles. The molecule has 0 unspecified atom stereocenters. The van der Waals surface area contributed by atoms with Crippen LogP contribution in [-0.2, 0) is 10.2 Å². The number of hydrogen-bond donors (Lipinski definition) is 1. The van der Waals surface area contributed by atoms with Crippen molar-refractivity contribution < 1.29 is 9.84 Å². The Bertz CT molecular complexity index is 411. The highest BCUT2D eigenvalue weighted by atomic mass is 16.5. The van der Waals surface area contributed by atoms with Gasteiger partial charge in [0.15, 0.2) is 0 Å². The molecule has 1 aliphatic carbocycles. The Kier molecular flexibility index (Phi) is 2.53. The number of aliphatic hydroxyl groups is 1. The van der Waals surface area contributed by atoms with Crippen LogP contribution in [0.1, 0.15) is 30.4 Å². The molecule has 0 aromatic heterocycles. The summed E-state index contributed by atoms with van der Waals surface area (Å²) in [6, 6.07) is 8.71. The zero-order valence-electron chi connectivity index (χ0n) is 10.4. The van der Waals surface area contributed by atoms with Gasteiger partial charge in [-0.2, -0.15) is 0 Å². The van der Waals surface area contributed by atoms with Crippen LogP contribution in [0, 0.1) is 12.3 Å². The number of aliphatic hydroxyl groups excluding tert-OH is 1. The van der Waals surface area contributed by atoms with E-state index in [0.29, 0.717) is 6.61 Å². The Balaban J connectivity index is 2.02.